The molecule has 1 amide bonds. The number of carbonyl (C=O) groups excluding carboxylic acids is 1. The largest absolute Gasteiger partial charge is 0.349 e. The molecule has 6 heteroatoms. The van der Waals surface area contributed by atoms with Crippen molar-refractivity contribution in [2.45, 2.75) is 39.3 Å². The van der Waals surface area contributed by atoms with Crippen molar-refractivity contribution in [1.29, 1.82) is 0 Å². The summed E-state index contributed by atoms with van der Waals surface area (Å²) >= 11 is 1.53. The van der Waals surface area contributed by atoms with Crippen molar-refractivity contribution in [3.8, 4) is 0 Å². The molecular weight excluding hydrogens is 296 g/mol. The van der Waals surface area contributed by atoms with Gasteiger partial charge in [0, 0.05) is 12.0 Å². The van der Waals surface area contributed by atoms with E-state index >= 15 is 0 Å². The van der Waals surface area contributed by atoms with Crippen molar-refractivity contribution >= 4 is 17.2 Å². The van der Waals surface area contributed by atoms with Crippen LogP contribution in [0.4, 0.5) is 0 Å². The molecule has 2 rings (SSSR count). The van der Waals surface area contributed by atoms with E-state index in [1.54, 1.807) is 0 Å². The van der Waals surface area contributed by atoms with Gasteiger partial charge >= 0.3 is 0 Å². The number of rotatable bonds is 6. The van der Waals surface area contributed by atoms with Crippen molar-refractivity contribution in [2.75, 3.05) is 0 Å². The van der Waals surface area contributed by atoms with Gasteiger partial charge in [-0.15, -0.1) is 10.2 Å². The summed E-state index contributed by atoms with van der Waals surface area (Å²) in [4.78, 5) is 12.2. The second-order valence-electron chi connectivity index (χ2n) is 5.63. The van der Waals surface area contributed by atoms with E-state index in [1.165, 1.54) is 11.3 Å². The summed E-state index contributed by atoms with van der Waals surface area (Å²) in [6.07, 6.45) is 0. The second kappa shape index (κ2) is 7.47. The Morgan fingerprint density at radius 2 is 1.91 bits per heavy atom. The lowest BCUT2D eigenvalue weighted by molar-refractivity contribution is -0.125. The van der Waals surface area contributed by atoms with Gasteiger partial charge in [0.25, 0.3) is 0 Å². The molecular formula is C16H22N4OS. The molecule has 0 saturated heterocycles. The third-order valence-electron chi connectivity index (χ3n) is 3.53. The van der Waals surface area contributed by atoms with Gasteiger partial charge in [0.1, 0.15) is 10.0 Å². The van der Waals surface area contributed by atoms with Crippen LogP contribution in [-0.4, -0.2) is 16.1 Å². The Bertz CT molecular complexity index is 612. The van der Waals surface area contributed by atoms with E-state index < -0.39 is 0 Å². The highest BCUT2D eigenvalue weighted by Gasteiger charge is 2.22. The number of hydrogen-bond acceptors (Lipinski definition) is 5. The molecule has 0 saturated carbocycles. The Morgan fingerprint density at radius 1 is 1.23 bits per heavy atom. The van der Waals surface area contributed by atoms with Gasteiger partial charge in [-0.2, -0.15) is 0 Å². The lowest BCUT2D eigenvalue weighted by Gasteiger charge is -2.19. The molecule has 0 aliphatic rings. The summed E-state index contributed by atoms with van der Waals surface area (Å²) in [5, 5.41) is 12.9. The van der Waals surface area contributed by atoms with Crippen LogP contribution in [0, 0.1) is 5.92 Å². The van der Waals surface area contributed by atoms with Crippen molar-refractivity contribution in [2.24, 2.45) is 11.7 Å². The summed E-state index contributed by atoms with van der Waals surface area (Å²) in [6, 6.07) is 9.34. The van der Waals surface area contributed by atoms with Crippen LogP contribution in [0.2, 0.25) is 0 Å². The van der Waals surface area contributed by atoms with E-state index in [1.807, 2.05) is 37.3 Å². The summed E-state index contributed by atoms with van der Waals surface area (Å²) in [5.41, 5.74) is 7.13. The fraction of sp³-hybridized carbons (Fsp3) is 0.438. The molecule has 0 radical (unpaired) electrons. The minimum absolute atomic E-state index is 0.0716. The van der Waals surface area contributed by atoms with Gasteiger partial charge in [-0.05, 0) is 5.56 Å². The van der Waals surface area contributed by atoms with Crippen molar-refractivity contribution < 1.29 is 4.79 Å². The maximum absolute atomic E-state index is 12.2. The number of aromatic nitrogens is 2. The number of benzene rings is 1. The standard InChI is InChI=1S/C16H22N4OS/c1-10(2)16-20-19-13(22-16)9-18-15(21)11(3)14(17)12-7-5-4-6-8-12/h4-8,10-11,14H,9,17H2,1-3H3,(H,18,21). The molecule has 0 spiro atoms. The van der Waals surface area contributed by atoms with Gasteiger partial charge in [0.15, 0.2) is 0 Å². The van der Waals surface area contributed by atoms with Crippen molar-refractivity contribution in [1.82, 2.24) is 15.5 Å². The SMILES string of the molecule is CC(C)c1nnc(CNC(=O)C(C)C(N)c2ccccc2)s1. The zero-order chi connectivity index (χ0) is 16.1. The van der Waals surface area contributed by atoms with E-state index in [0.717, 1.165) is 15.6 Å². The number of nitrogens with two attached hydrogens (primary N) is 1. The molecule has 0 aliphatic carbocycles. The molecule has 1 heterocycles. The van der Waals surface area contributed by atoms with Gasteiger partial charge in [-0.1, -0.05) is 62.4 Å². The fourth-order valence-corrected chi connectivity index (χ4v) is 2.81. The zero-order valence-corrected chi connectivity index (χ0v) is 13.9. The zero-order valence-electron chi connectivity index (χ0n) is 13.1. The molecule has 2 atom stereocenters. The Morgan fingerprint density at radius 3 is 2.50 bits per heavy atom. The van der Waals surface area contributed by atoms with Crippen LogP contribution in [0.5, 0.6) is 0 Å². The Labute approximate surface area is 135 Å². The number of hydrogen-bond donors (Lipinski definition) is 2. The number of nitrogens with one attached hydrogen (secondary N) is 1. The first-order valence-electron chi connectivity index (χ1n) is 7.39. The van der Waals surface area contributed by atoms with Crippen LogP contribution in [0.1, 0.15) is 48.3 Å². The maximum Gasteiger partial charge on any atom is 0.225 e. The van der Waals surface area contributed by atoms with Crippen LogP contribution in [0.3, 0.4) is 0 Å². The van der Waals surface area contributed by atoms with Crippen LogP contribution in [-0.2, 0) is 11.3 Å². The van der Waals surface area contributed by atoms with Crippen LogP contribution in [0.15, 0.2) is 30.3 Å². The number of amides is 1. The predicted octanol–water partition coefficient (Wildman–Crippen LogP) is 2.61. The normalized spacial score (nSPS) is 13.9. The van der Waals surface area contributed by atoms with E-state index in [2.05, 4.69) is 29.4 Å². The molecule has 0 bridgehead atoms. The van der Waals surface area contributed by atoms with Gasteiger partial charge in [-0.3, -0.25) is 4.79 Å². The van der Waals surface area contributed by atoms with Crippen molar-refractivity contribution in [3.05, 3.63) is 45.9 Å². The average molecular weight is 318 g/mol. The van der Waals surface area contributed by atoms with E-state index in [9.17, 15) is 4.79 Å². The molecule has 118 valence electrons. The van der Waals surface area contributed by atoms with Crippen molar-refractivity contribution in [3.63, 3.8) is 0 Å². The predicted molar refractivity (Wildman–Crippen MR) is 88.4 cm³/mol. The van der Waals surface area contributed by atoms with Crippen LogP contribution < -0.4 is 11.1 Å². The topological polar surface area (TPSA) is 80.9 Å². The first-order chi connectivity index (χ1) is 10.5. The van der Waals surface area contributed by atoms with Crippen LogP contribution >= 0.6 is 11.3 Å². The third kappa shape index (κ3) is 4.11. The van der Waals surface area contributed by atoms with E-state index in [0.29, 0.717) is 12.5 Å². The first kappa shape index (κ1) is 16.6. The summed E-state index contributed by atoms with van der Waals surface area (Å²) in [5.74, 6) is -0.0232. The van der Waals surface area contributed by atoms with Gasteiger partial charge in [0.2, 0.25) is 5.91 Å². The number of nitrogens with zero attached hydrogens (tertiary/aromatic N) is 2. The highest BCUT2D eigenvalue weighted by atomic mass is 32.1. The van der Waals surface area contributed by atoms with Gasteiger partial charge < -0.3 is 11.1 Å². The fourth-order valence-electron chi connectivity index (χ4n) is 2.02. The third-order valence-corrected chi connectivity index (χ3v) is 4.75. The second-order valence-corrected chi connectivity index (χ2v) is 6.73. The van der Waals surface area contributed by atoms with Gasteiger partial charge in [0.05, 0.1) is 12.5 Å². The minimum Gasteiger partial charge on any atom is -0.349 e. The first-order valence-corrected chi connectivity index (χ1v) is 8.21. The smallest absolute Gasteiger partial charge is 0.225 e. The Kier molecular flexibility index (Phi) is 5.63. The highest BCUT2D eigenvalue weighted by Crippen LogP contribution is 2.20. The lowest BCUT2D eigenvalue weighted by Crippen LogP contribution is -2.35. The molecule has 2 aromatic rings. The average Bonchev–Trinajstić information content (AvgIpc) is 3.01. The van der Waals surface area contributed by atoms with Crippen LogP contribution in [0.25, 0.3) is 0 Å². The maximum atomic E-state index is 12.2. The number of carbonyl (C=O) groups is 1. The van der Waals surface area contributed by atoms with E-state index in [4.69, 9.17) is 5.73 Å². The van der Waals surface area contributed by atoms with E-state index in [-0.39, 0.29) is 17.9 Å². The highest BCUT2D eigenvalue weighted by molar-refractivity contribution is 7.11. The molecule has 3 N–H and O–H groups in total. The van der Waals surface area contributed by atoms with Gasteiger partial charge in [-0.25, -0.2) is 0 Å². The summed E-state index contributed by atoms with van der Waals surface area (Å²) < 4.78 is 0. The molecule has 2 unspecified atom stereocenters. The molecule has 0 aliphatic heterocycles. The lowest BCUT2D eigenvalue weighted by atomic mass is 9.95. The summed E-state index contributed by atoms with van der Waals surface area (Å²) in [7, 11) is 0. The Hall–Kier alpha value is -1.79. The Balaban J connectivity index is 1.91. The quantitative estimate of drug-likeness (QED) is 0.858. The molecule has 1 aromatic carbocycles. The monoisotopic (exact) mass is 318 g/mol. The minimum atomic E-state index is -0.318. The molecule has 0 fully saturated rings. The summed E-state index contributed by atoms with van der Waals surface area (Å²) in [6.45, 7) is 6.38. The molecule has 1 aromatic heterocycles. The molecule has 5 nitrogen and oxygen atoms in total. The molecule has 22 heavy (non-hydrogen) atoms.